The van der Waals surface area contributed by atoms with Gasteiger partial charge in [0.15, 0.2) is 0 Å². The van der Waals surface area contributed by atoms with Gasteiger partial charge in [0.1, 0.15) is 0 Å². The third-order valence-electron chi connectivity index (χ3n) is 1.72. The third kappa shape index (κ3) is 4.88. The summed E-state index contributed by atoms with van der Waals surface area (Å²) in [5, 5.41) is 0.331. The number of hydrogen-bond donors (Lipinski definition) is 1. The van der Waals surface area contributed by atoms with E-state index in [9.17, 15) is 4.21 Å². The maximum absolute atomic E-state index is 11.6. The molecule has 0 bridgehead atoms. The molecular formula is C9H21NOS. The van der Waals surface area contributed by atoms with Gasteiger partial charge in [-0.25, -0.2) is 8.93 Å². The van der Waals surface area contributed by atoms with Crippen molar-refractivity contribution >= 4 is 11.0 Å². The summed E-state index contributed by atoms with van der Waals surface area (Å²) in [6, 6.07) is 0.316. The highest BCUT2D eigenvalue weighted by atomic mass is 32.2. The third-order valence-corrected chi connectivity index (χ3v) is 3.60. The standard InChI is InChI=1S/C9H21NOS/c1-5-7-9(6-2)12(11)10-8(3)4/h8-10H,5-7H2,1-4H3. The first-order valence-electron chi connectivity index (χ1n) is 4.78. The lowest BCUT2D eigenvalue weighted by Gasteiger charge is -2.15. The summed E-state index contributed by atoms with van der Waals surface area (Å²) in [5.74, 6) is 0. The lowest BCUT2D eigenvalue weighted by Crippen LogP contribution is -2.32. The highest BCUT2D eigenvalue weighted by Crippen LogP contribution is 2.07. The fraction of sp³-hybridized carbons (Fsp3) is 1.00. The van der Waals surface area contributed by atoms with Gasteiger partial charge in [0, 0.05) is 11.3 Å². The molecule has 74 valence electrons. The Bertz CT molecular complexity index is 136. The van der Waals surface area contributed by atoms with Crippen LogP contribution in [0.3, 0.4) is 0 Å². The second kappa shape index (κ2) is 6.61. The van der Waals surface area contributed by atoms with E-state index in [1.165, 1.54) is 0 Å². The highest BCUT2D eigenvalue weighted by molar-refractivity contribution is 7.83. The lowest BCUT2D eigenvalue weighted by molar-refractivity contribution is 0.618. The fourth-order valence-electron chi connectivity index (χ4n) is 1.11. The van der Waals surface area contributed by atoms with Crippen LogP contribution < -0.4 is 4.72 Å². The van der Waals surface area contributed by atoms with Crippen molar-refractivity contribution in [3.05, 3.63) is 0 Å². The zero-order chi connectivity index (χ0) is 9.56. The molecule has 0 saturated heterocycles. The van der Waals surface area contributed by atoms with E-state index in [2.05, 4.69) is 18.6 Å². The van der Waals surface area contributed by atoms with Crippen LogP contribution in [0, 0.1) is 0 Å². The summed E-state index contributed by atoms with van der Waals surface area (Å²) in [7, 11) is -0.838. The molecular weight excluding hydrogens is 170 g/mol. The first-order valence-corrected chi connectivity index (χ1v) is 5.99. The van der Waals surface area contributed by atoms with Crippen molar-refractivity contribution in [2.75, 3.05) is 0 Å². The van der Waals surface area contributed by atoms with Gasteiger partial charge in [-0.15, -0.1) is 0 Å². The van der Waals surface area contributed by atoms with E-state index in [0.717, 1.165) is 19.3 Å². The molecule has 2 atom stereocenters. The van der Waals surface area contributed by atoms with E-state index in [1.807, 2.05) is 13.8 Å². The van der Waals surface area contributed by atoms with Crippen LogP contribution in [0.25, 0.3) is 0 Å². The Kier molecular flexibility index (Phi) is 6.67. The minimum atomic E-state index is -0.838. The van der Waals surface area contributed by atoms with Crippen molar-refractivity contribution in [3.63, 3.8) is 0 Å². The van der Waals surface area contributed by atoms with Crippen LogP contribution in [-0.4, -0.2) is 15.5 Å². The van der Waals surface area contributed by atoms with Crippen molar-refractivity contribution in [1.29, 1.82) is 0 Å². The molecule has 1 N–H and O–H groups in total. The van der Waals surface area contributed by atoms with Gasteiger partial charge in [-0.2, -0.15) is 0 Å². The van der Waals surface area contributed by atoms with Gasteiger partial charge in [0.05, 0.1) is 11.0 Å². The molecule has 0 heterocycles. The predicted molar refractivity (Wildman–Crippen MR) is 55.4 cm³/mol. The van der Waals surface area contributed by atoms with E-state index in [0.29, 0.717) is 11.3 Å². The zero-order valence-corrected chi connectivity index (χ0v) is 9.41. The summed E-state index contributed by atoms with van der Waals surface area (Å²) < 4.78 is 14.6. The summed E-state index contributed by atoms with van der Waals surface area (Å²) in [4.78, 5) is 0. The Morgan fingerprint density at radius 2 is 1.92 bits per heavy atom. The predicted octanol–water partition coefficient (Wildman–Crippen LogP) is 2.23. The van der Waals surface area contributed by atoms with Crippen LogP contribution in [0.2, 0.25) is 0 Å². The molecule has 0 amide bonds. The first kappa shape index (κ1) is 12.1. The molecule has 2 unspecified atom stereocenters. The van der Waals surface area contributed by atoms with Crippen LogP contribution in [-0.2, 0) is 11.0 Å². The number of nitrogens with one attached hydrogen (secondary N) is 1. The molecule has 0 saturated carbocycles. The van der Waals surface area contributed by atoms with E-state index in [-0.39, 0.29) is 0 Å². The van der Waals surface area contributed by atoms with Gasteiger partial charge in [-0.05, 0) is 26.7 Å². The molecule has 0 radical (unpaired) electrons. The van der Waals surface area contributed by atoms with E-state index in [1.54, 1.807) is 0 Å². The van der Waals surface area contributed by atoms with Crippen LogP contribution in [0.1, 0.15) is 47.0 Å². The molecule has 0 rings (SSSR count). The molecule has 0 aromatic carbocycles. The van der Waals surface area contributed by atoms with E-state index >= 15 is 0 Å². The van der Waals surface area contributed by atoms with Gasteiger partial charge in [0.25, 0.3) is 0 Å². The maximum atomic E-state index is 11.6. The molecule has 2 nitrogen and oxygen atoms in total. The summed E-state index contributed by atoms with van der Waals surface area (Å²) in [6.07, 6.45) is 3.17. The van der Waals surface area contributed by atoms with E-state index < -0.39 is 11.0 Å². The van der Waals surface area contributed by atoms with Gasteiger partial charge >= 0.3 is 0 Å². The van der Waals surface area contributed by atoms with Gasteiger partial charge in [0.2, 0.25) is 0 Å². The van der Waals surface area contributed by atoms with Crippen LogP contribution in [0.15, 0.2) is 0 Å². The van der Waals surface area contributed by atoms with Gasteiger partial charge in [-0.3, -0.25) is 0 Å². The maximum Gasteiger partial charge on any atom is 0.0949 e. The quantitative estimate of drug-likeness (QED) is 0.685. The molecule has 0 aliphatic carbocycles. The average molecular weight is 191 g/mol. The van der Waals surface area contributed by atoms with Gasteiger partial charge < -0.3 is 0 Å². The van der Waals surface area contributed by atoms with Crippen molar-refractivity contribution in [2.24, 2.45) is 0 Å². The zero-order valence-electron chi connectivity index (χ0n) is 8.59. The molecule has 0 aromatic heterocycles. The molecule has 0 spiro atoms. The van der Waals surface area contributed by atoms with Crippen LogP contribution >= 0.6 is 0 Å². The monoisotopic (exact) mass is 191 g/mol. The normalized spacial score (nSPS) is 16.4. The van der Waals surface area contributed by atoms with Crippen LogP contribution in [0.4, 0.5) is 0 Å². The molecule has 3 heteroatoms. The first-order chi connectivity index (χ1) is 5.61. The van der Waals surface area contributed by atoms with Crippen LogP contribution in [0.5, 0.6) is 0 Å². The fourth-order valence-corrected chi connectivity index (χ4v) is 2.52. The Hall–Kier alpha value is 0.110. The minimum Gasteiger partial charge on any atom is -0.243 e. The SMILES string of the molecule is CCCC(CC)S(=O)NC(C)C. The molecule has 0 aliphatic heterocycles. The average Bonchev–Trinajstić information content (AvgIpc) is 1.98. The Morgan fingerprint density at radius 3 is 2.25 bits per heavy atom. The second-order valence-electron chi connectivity index (χ2n) is 3.39. The number of hydrogen-bond acceptors (Lipinski definition) is 1. The number of rotatable bonds is 6. The summed E-state index contributed by atoms with van der Waals surface area (Å²) in [5.41, 5.74) is 0. The highest BCUT2D eigenvalue weighted by Gasteiger charge is 2.13. The van der Waals surface area contributed by atoms with Crippen molar-refractivity contribution < 1.29 is 4.21 Å². The molecule has 0 aromatic rings. The summed E-state index contributed by atoms with van der Waals surface area (Å²) >= 11 is 0. The molecule has 0 aliphatic rings. The largest absolute Gasteiger partial charge is 0.243 e. The lowest BCUT2D eigenvalue weighted by atomic mass is 10.2. The topological polar surface area (TPSA) is 29.1 Å². The smallest absolute Gasteiger partial charge is 0.0949 e. The minimum absolute atomic E-state index is 0.316. The Labute approximate surface area is 78.7 Å². The van der Waals surface area contributed by atoms with E-state index in [4.69, 9.17) is 0 Å². The van der Waals surface area contributed by atoms with Crippen molar-refractivity contribution in [1.82, 2.24) is 4.72 Å². The Morgan fingerprint density at radius 1 is 1.33 bits per heavy atom. The Balaban J connectivity index is 3.85. The molecule has 12 heavy (non-hydrogen) atoms. The van der Waals surface area contributed by atoms with Crippen molar-refractivity contribution in [3.8, 4) is 0 Å². The van der Waals surface area contributed by atoms with Gasteiger partial charge in [-0.1, -0.05) is 20.3 Å². The second-order valence-corrected chi connectivity index (χ2v) is 4.89. The molecule has 0 fully saturated rings. The van der Waals surface area contributed by atoms with Crippen molar-refractivity contribution in [2.45, 2.75) is 58.2 Å². The summed E-state index contributed by atoms with van der Waals surface area (Å²) in [6.45, 7) is 8.28.